The summed E-state index contributed by atoms with van der Waals surface area (Å²) < 4.78 is 0. The molecule has 1 aliphatic rings. The Morgan fingerprint density at radius 3 is 2.29 bits per heavy atom. The fourth-order valence-electron chi connectivity index (χ4n) is 2.99. The molecule has 0 spiro atoms. The van der Waals surface area contributed by atoms with E-state index in [2.05, 4.69) is 38.7 Å². The summed E-state index contributed by atoms with van der Waals surface area (Å²) in [4.78, 5) is 2.57. The van der Waals surface area contributed by atoms with Crippen LogP contribution in [-0.4, -0.2) is 23.5 Å². The zero-order chi connectivity index (χ0) is 12.8. The molecule has 0 aromatic carbocycles. The summed E-state index contributed by atoms with van der Waals surface area (Å²) in [5, 5.41) is 9.37. The molecule has 1 saturated carbocycles. The van der Waals surface area contributed by atoms with Crippen molar-refractivity contribution in [2.75, 3.05) is 6.54 Å². The van der Waals surface area contributed by atoms with E-state index < -0.39 is 0 Å². The smallest absolute Gasteiger partial charge is 0.0672 e. The Labute approximate surface area is 107 Å². The third-order valence-electron chi connectivity index (χ3n) is 3.81. The van der Waals surface area contributed by atoms with Gasteiger partial charge in [-0.25, -0.2) is 0 Å². The van der Waals surface area contributed by atoms with E-state index in [0.29, 0.717) is 18.0 Å². The topological polar surface area (TPSA) is 27.0 Å². The summed E-state index contributed by atoms with van der Waals surface area (Å²) in [6.07, 6.45) is 6.15. The van der Waals surface area contributed by atoms with E-state index in [1.165, 1.54) is 25.7 Å². The van der Waals surface area contributed by atoms with Crippen LogP contribution in [0.4, 0.5) is 0 Å². The van der Waals surface area contributed by atoms with Gasteiger partial charge in [-0.3, -0.25) is 4.90 Å². The SMILES string of the molecule is CC(C)CN(C(C)C)C1CCCCCC1C#N. The van der Waals surface area contributed by atoms with Crippen molar-refractivity contribution in [2.24, 2.45) is 11.8 Å². The van der Waals surface area contributed by atoms with Crippen molar-refractivity contribution in [2.45, 2.75) is 71.9 Å². The molecule has 0 N–H and O–H groups in total. The number of nitrogens with zero attached hydrogens (tertiary/aromatic N) is 2. The van der Waals surface area contributed by atoms with Gasteiger partial charge in [-0.05, 0) is 32.6 Å². The zero-order valence-corrected chi connectivity index (χ0v) is 11.9. The summed E-state index contributed by atoms with van der Waals surface area (Å²) in [7, 11) is 0. The van der Waals surface area contributed by atoms with Crippen molar-refractivity contribution < 1.29 is 0 Å². The number of rotatable bonds is 4. The molecule has 2 atom stereocenters. The Morgan fingerprint density at radius 2 is 1.76 bits per heavy atom. The highest BCUT2D eigenvalue weighted by atomic mass is 15.2. The van der Waals surface area contributed by atoms with Crippen molar-refractivity contribution in [3.63, 3.8) is 0 Å². The molecule has 17 heavy (non-hydrogen) atoms. The summed E-state index contributed by atoms with van der Waals surface area (Å²) in [6.45, 7) is 10.2. The van der Waals surface area contributed by atoms with E-state index in [1.54, 1.807) is 0 Å². The highest BCUT2D eigenvalue weighted by Gasteiger charge is 2.30. The molecule has 0 amide bonds. The number of hydrogen-bond acceptors (Lipinski definition) is 2. The Morgan fingerprint density at radius 1 is 1.12 bits per heavy atom. The van der Waals surface area contributed by atoms with E-state index in [-0.39, 0.29) is 5.92 Å². The van der Waals surface area contributed by atoms with E-state index in [9.17, 15) is 5.26 Å². The van der Waals surface area contributed by atoms with E-state index in [1.807, 2.05) is 0 Å². The summed E-state index contributed by atoms with van der Waals surface area (Å²) >= 11 is 0. The standard InChI is InChI=1S/C15H28N2/c1-12(2)11-17(13(3)4)15-9-7-5-6-8-14(15)10-16/h12-15H,5-9,11H2,1-4H3. The molecule has 1 aliphatic carbocycles. The van der Waals surface area contributed by atoms with Crippen molar-refractivity contribution in [1.29, 1.82) is 5.26 Å². The lowest BCUT2D eigenvalue weighted by atomic mass is 9.93. The second-order valence-corrected chi connectivity index (χ2v) is 6.13. The molecule has 2 heteroatoms. The van der Waals surface area contributed by atoms with Crippen LogP contribution < -0.4 is 0 Å². The second-order valence-electron chi connectivity index (χ2n) is 6.13. The largest absolute Gasteiger partial charge is 0.296 e. The minimum absolute atomic E-state index is 0.249. The Hall–Kier alpha value is -0.550. The predicted molar refractivity (Wildman–Crippen MR) is 72.7 cm³/mol. The molecule has 1 fully saturated rings. The molecule has 0 saturated heterocycles. The highest BCUT2D eigenvalue weighted by Crippen LogP contribution is 2.28. The summed E-state index contributed by atoms with van der Waals surface area (Å²) in [6, 6.07) is 3.60. The van der Waals surface area contributed by atoms with Gasteiger partial charge in [0.1, 0.15) is 0 Å². The fourth-order valence-corrected chi connectivity index (χ4v) is 2.99. The third kappa shape index (κ3) is 4.32. The van der Waals surface area contributed by atoms with Gasteiger partial charge in [0.25, 0.3) is 0 Å². The molecule has 0 bridgehead atoms. The number of hydrogen-bond donors (Lipinski definition) is 0. The van der Waals surface area contributed by atoms with Crippen LogP contribution in [0.15, 0.2) is 0 Å². The van der Waals surface area contributed by atoms with E-state index in [4.69, 9.17) is 0 Å². The first kappa shape index (κ1) is 14.5. The molecular weight excluding hydrogens is 208 g/mol. The van der Waals surface area contributed by atoms with Crippen molar-refractivity contribution in [3.8, 4) is 6.07 Å². The number of nitriles is 1. The average molecular weight is 236 g/mol. The predicted octanol–water partition coefficient (Wildman–Crippen LogP) is 3.83. The van der Waals surface area contributed by atoms with E-state index in [0.717, 1.165) is 13.0 Å². The van der Waals surface area contributed by atoms with Crippen LogP contribution in [0.5, 0.6) is 0 Å². The lowest BCUT2D eigenvalue weighted by Crippen LogP contribution is -2.45. The quantitative estimate of drug-likeness (QED) is 0.694. The van der Waals surface area contributed by atoms with Gasteiger partial charge in [0.05, 0.1) is 12.0 Å². The molecule has 98 valence electrons. The maximum atomic E-state index is 9.37. The first-order chi connectivity index (χ1) is 8.06. The van der Waals surface area contributed by atoms with Gasteiger partial charge in [0.15, 0.2) is 0 Å². The maximum absolute atomic E-state index is 9.37. The lowest BCUT2D eigenvalue weighted by molar-refractivity contribution is 0.103. The molecule has 2 unspecified atom stereocenters. The first-order valence-corrected chi connectivity index (χ1v) is 7.21. The zero-order valence-electron chi connectivity index (χ0n) is 11.9. The van der Waals surface area contributed by atoms with Gasteiger partial charge in [-0.1, -0.05) is 33.1 Å². The lowest BCUT2D eigenvalue weighted by Gasteiger charge is -2.38. The Bertz CT molecular complexity index is 252. The molecule has 2 nitrogen and oxygen atoms in total. The van der Waals surface area contributed by atoms with Crippen LogP contribution in [0.2, 0.25) is 0 Å². The molecule has 0 aliphatic heterocycles. The molecule has 1 rings (SSSR count). The maximum Gasteiger partial charge on any atom is 0.0672 e. The average Bonchev–Trinajstić information content (AvgIpc) is 2.49. The van der Waals surface area contributed by atoms with Gasteiger partial charge >= 0.3 is 0 Å². The van der Waals surface area contributed by atoms with Crippen LogP contribution in [0.25, 0.3) is 0 Å². The van der Waals surface area contributed by atoms with Gasteiger partial charge in [0, 0.05) is 18.6 Å². The monoisotopic (exact) mass is 236 g/mol. The summed E-state index contributed by atoms with van der Waals surface area (Å²) in [5.74, 6) is 0.929. The van der Waals surface area contributed by atoms with Crippen LogP contribution in [0.3, 0.4) is 0 Å². The first-order valence-electron chi connectivity index (χ1n) is 7.21. The fraction of sp³-hybridized carbons (Fsp3) is 0.933. The van der Waals surface area contributed by atoms with Crippen LogP contribution in [-0.2, 0) is 0 Å². The molecule has 0 radical (unpaired) electrons. The molecule has 0 aromatic heterocycles. The molecular formula is C15H28N2. The normalized spacial score (nSPS) is 26.2. The Balaban J connectivity index is 2.77. The van der Waals surface area contributed by atoms with Gasteiger partial charge in [0.2, 0.25) is 0 Å². The minimum Gasteiger partial charge on any atom is -0.296 e. The van der Waals surface area contributed by atoms with Gasteiger partial charge < -0.3 is 0 Å². The van der Waals surface area contributed by atoms with Crippen molar-refractivity contribution in [1.82, 2.24) is 4.90 Å². The highest BCUT2D eigenvalue weighted by molar-refractivity contribution is 4.95. The van der Waals surface area contributed by atoms with Gasteiger partial charge in [-0.15, -0.1) is 0 Å². The van der Waals surface area contributed by atoms with Gasteiger partial charge in [-0.2, -0.15) is 5.26 Å². The van der Waals surface area contributed by atoms with Crippen LogP contribution in [0.1, 0.15) is 59.8 Å². The Kier molecular flexibility index (Phi) is 5.98. The third-order valence-corrected chi connectivity index (χ3v) is 3.81. The molecule has 0 aromatic rings. The van der Waals surface area contributed by atoms with Crippen LogP contribution in [0, 0.1) is 23.2 Å². The van der Waals surface area contributed by atoms with Crippen molar-refractivity contribution >= 4 is 0 Å². The second kappa shape index (κ2) is 7.01. The van der Waals surface area contributed by atoms with Crippen molar-refractivity contribution in [3.05, 3.63) is 0 Å². The molecule has 0 heterocycles. The van der Waals surface area contributed by atoms with Crippen LogP contribution >= 0.6 is 0 Å². The van der Waals surface area contributed by atoms with E-state index >= 15 is 0 Å². The minimum atomic E-state index is 0.249. The summed E-state index contributed by atoms with van der Waals surface area (Å²) in [5.41, 5.74) is 0.